The molecule has 1 saturated heterocycles. The first-order valence-electron chi connectivity index (χ1n) is 4.38. The minimum atomic E-state index is 0.459. The largest absolute Gasteiger partial charge is 0.298 e. The maximum absolute atomic E-state index is 5.90. The van der Waals surface area contributed by atoms with Gasteiger partial charge in [0.15, 0.2) is 0 Å². The average Bonchev–Trinajstić information content (AvgIpc) is 2.52. The van der Waals surface area contributed by atoms with Crippen LogP contribution in [0.1, 0.15) is 23.6 Å². The lowest BCUT2D eigenvalue weighted by Gasteiger charge is -2.27. The summed E-state index contributed by atoms with van der Waals surface area (Å²) in [6.07, 6.45) is 1.26. The molecule has 0 saturated carbocycles. The normalized spacial score (nSPS) is 29.1. The molecule has 1 aromatic rings. The van der Waals surface area contributed by atoms with Crippen molar-refractivity contribution >= 4 is 34.7 Å². The molecule has 2 rings (SSSR count). The Morgan fingerprint density at radius 2 is 2.38 bits per heavy atom. The average molecular weight is 234 g/mol. The van der Waals surface area contributed by atoms with E-state index in [0.29, 0.717) is 11.4 Å². The van der Waals surface area contributed by atoms with Crippen LogP contribution >= 0.6 is 34.7 Å². The van der Waals surface area contributed by atoms with Gasteiger partial charge in [-0.3, -0.25) is 5.32 Å². The van der Waals surface area contributed by atoms with E-state index in [-0.39, 0.29) is 0 Å². The molecule has 1 aliphatic rings. The van der Waals surface area contributed by atoms with Crippen molar-refractivity contribution in [3.05, 3.63) is 21.3 Å². The lowest BCUT2D eigenvalue weighted by atomic mass is 10.2. The Balaban J connectivity index is 2.08. The summed E-state index contributed by atoms with van der Waals surface area (Å²) in [5, 5.41) is 4.02. The predicted molar refractivity (Wildman–Crippen MR) is 61.7 cm³/mol. The van der Waals surface area contributed by atoms with E-state index in [0.717, 1.165) is 4.34 Å². The quantitative estimate of drug-likeness (QED) is 0.797. The van der Waals surface area contributed by atoms with Crippen LogP contribution in [0.5, 0.6) is 0 Å². The van der Waals surface area contributed by atoms with Crippen molar-refractivity contribution in [1.29, 1.82) is 0 Å². The second kappa shape index (κ2) is 4.22. The second-order valence-electron chi connectivity index (χ2n) is 3.25. The van der Waals surface area contributed by atoms with E-state index >= 15 is 0 Å². The summed E-state index contributed by atoms with van der Waals surface area (Å²) in [7, 11) is 0. The molecule has 1 nitrogen and oxygen atoms in total. The Hall–Kier alpha value is 0.300. The highest BCUT2D eigenvalue weighted by atomic mass is 35.5. The van der Waals surface area contributed by atoms with E-state index in [2.05, 4.69) is 18.3 Å². The van der Waals surface area contributed by atoms with E-state index in [1.807, 2.05) is 17.8 Å². The predicted octanol–water partition coefficient (Wildman–Crippen LogP) is 3.52. The Morgan fingerprint density at radius 1 is 1.54 bits per heavy atom. The van der Waals surface area contributed by atoms with Crippen molar-refractivity contribution in [3.63, 3.8) is 0 Å². The first-order valence-corrected chi connectivity index (χ1v) is 6.63. The van der Waals surface area contributed by atoms with Gasteiger partial charge in [0.1, 0.15) is 0 Å². The minimum Gasteiger partial charge on any atom is -0.298 e. The van der Waals surface area contributed by atoms with Gasteiger partial charge < -0.3 is 0 Å². The first-order chi connectivity index (χ1) is 6.25. The number of rotatable bonds is 1. The van der Waals surface area contributed by atoms with Crippen LogP contribution in [-0.4, -0.2) is 11.8 Å². The molecule has 1 aromatic heterocycles. The molecule has 2 heterocycles. The molecule has 0 aliphatic carbocycles. The fourth-order valence-electron chi connectivity index (χ4n) is 1.39. The maximum atomic E-state index is 5.90. The molecule has 0 spiro atoms. The monoisotopic (exact) mass is 233 g/mol. The highest BCUT2D eigenvalue weighted by Crippen LogP contribution is 2.36. The number of halogens is 1. The van der Waals surface area contributed by atoms with Crippen LogP contribution in [0.3, 0.4) is 0 Å². The Bertz CT molecular complexity index is 287. The molecule has 0 aromatic carbocycles. The van der Waals surface area contributed by atoms with Crippen LogP contribution in [0.25, 0.3) is 0 Å². The van der Waals surface area contributed by atoms with Crippen molar-refractivity contribution in [1.82, 2.24) is 5.32 Å². The molecule has 1 N–H and O–H groups in total. The van der Waals surface area contributed by atoms with Gasteiger partial charge in [0.2, 0.25) is 0 Å². The fourth-order valence-corrected chi connectivity index (χ4v) is 4.03. The Labute approximate surface area is 91.9 Å². The molecular weight excluding hydrogens is 222 g/mol. The lowest BCUT2D eigenvalue weighted by molar-refractivity contribution is 0.515. The van der Waals surface area contributed by atoms with Gasteiger partial charge in [-0.2, -0.15) is 0 Å². The van der Waals surface area contributed by atoms with Gasteiger partial charge in [0.25, 0.3) is 0 Å². The van der Waals surface area contributed by atoms with E-state index in [1.165, 1.54) is 17.1 Å². The number of nitrogens with one attached hydrogen (secondary N) is 1. The van der Waals surface area contributed by atoms with Gasteiger partial charge in [0, 0.05) is 10.9 Å². The summed E-state index contributed by atoms with van der Waals surface area (Å²) in [5.41, 5.74) is 0. The summed E-state index contributed by atoms with van der Waals surface area (Å²) in [6.45, 7) is 2.24. The third-order valence-electron chi connectivity index (χ3n) is 2.12. The highest BCUT2D eigenvalue weighted by Gasteiger charge is 2.20. The van der Waals surface area contributed by atoms with Gasteiger partial charge in [-0.05, 0) is 31.2 Å². The van der Waals surface area contributed by atoms with Crippen LogP contribution in [0.4, 0.5) is 0 Å². The van der Waals surface area contributed by atoms with Crippen molar-refractivity contribution in [3.8, 4) is 0 Å². The van der Waals surface area contributed by atoms with Crippen molar-refractivity contribution in [2.24, 2.45) is 0 Å². The number of hydrogen-bond donors (Lipinski definition) is 1. The molecule has 4 heteroatoms. The summed E-state index contributed by atoms with van der Waals surface area (Å²) >= 11 is 9.55. The summed E-state index contributed by atoms with van der Waals surface area (Å²) < 4.78 is 0.885. The highest BCUT2D eigenvalue weighted by molar-refractivity contribution is 7.99. The zero-order chi connectivity index (χ0) is 9.26. The molecule has 13 heavy (non-hydrogen) atoms. The van der Waals surface area contributed by atoms with Gasteiger partial charge in [0.05, 0.1) is 9.71 Å². The van der Waals surface area contributed by atoms with Crippen molar-refractivity contribution in [2.75, 3.05) is 5.75 Å². The molecule has 1 aliphatic heterocycles. The van der Waals surface area contributed by atoms with Gasteiger partial charge in [-0.1, -0.05) is 11.6 Å². The molecule has 2 atom stereocenters. The van der Waals surface area contributed by atoms with Crippen LogP contribution in [0, 0.1) is 0 Å². The molecule has 0 radical (unpaired) electrons. The summed E-state index contributed by atoms with van der Waals surface area (Å²) in [5.74, 6) is 1.24. The van der Waals surface area contributed by atoms with E-state index in [4.69, 9.17) is 11.6 Å². The Kier molecular flexibility index (Phi) is 3.19. The maximum Gasteiger partial charge on any atom is 0.0932 e. The van der Waals surface area contributed by atoms with Crippen LogP contribution in [-0.2, 0) is 0 Å². The van der Waals surface area contributed by atoms with Crippen LogP contribution in [0.2, 0.25) is 4.34 Å². The summed E-state index contributed by atoms with van der Waals surface area (Å²) in [6, 6.07) is 4.73. The van der Waals surface area contributed by atoms with Crippen LogP contribution < -0.4 is 5.32 Å². The second-order valence-corrected chi connectivity index (χ2v) is 6.21. The van der Waals surface area contributed by atoms with Crippen LogP contribution in [0.15, 0.2) is 12.1 Å². The molecule has 0 bridgehead atoms. The standard InChI is InChI=1S/C9H12ClNS2/c1-6-4-5-12-9(11-6)7-2-3-8(10)13-7/h2-3,6,9,11H,4-5H2,1H3. The van der Waals surface area contributed by atoms with Crippen molar-refractivity contribution in [2.45, 2.75) is 24.8 Å². The first kappa shape index (κ1) is 9.84. The van der Waals surface area contributed by atoms with E-state index in [9.17, 15) is 0 Å². The SMILES string of the molecule is CC1CCSC(c2ccc(Cl)s2)N1. The van der Waals surface area contributed by atoms with Gasteiger partial charge in [-0.25, -0.2) is 0 Å². The van der Waals surface area contributed by atoms with Gasteiger partial charge >= 0.3 is 0 Å². The minimum absolute atomic E-state index is 0.459. The lowest BCUT2D eigenvalue weighted by Crippen LogP contribution is -2.33. The zero-order valence-corrected chi connectivity index (χ0v) is 9.81. The smallest absolute Gasteiger partial charge is 0.0932 e. The Morgan fingerprint density at radius 3 is 3.00 bits per heavy atom. The van der Waals surface area contributed by atoms with Crippen molar-refractivity contribution < 1.29 is 0 Å². The molecule has 1 fully saturated rings. The zero-order valence-electron chi connectivity index (χ0n) is 7.42. The van der Waals surface area contributed by atoms with Gasteiger partial charge in [-0.15, -0.1) is 23.1 Å². The third kappa shape index (κ3) is 2.40. The molecule has 72 valence electrons. The molecular formula is C9H12ClNS2. The number of thiophene rings is 1. The summed E-state index contributed by atoms with van der Waals surface area (Å²) in [4.78, 5) is 1.35. The van der Waals surface area contributed by atoms with E-state index in [1.54, 1.807) is 11.3 Å². The fraction of sp³-hybridized carbons (Fsp3) is 0.556. The van der Waals surface area contributed by atoms with E-state index < -0.39 is 0 Å². The number of thioether (sulfide) groups is 1. The molecule has 0 amide bonds. The topological polar surface area (TPSA) is 12.0 Å². The number of hydrogen-bond acceptors (Lipinski definition) is 3. The molecule has 2 unspecified atom stereocenters. The third-order valence-corrected chi connectivity index (χ3v) is 4.76.